The van der Waals surface area contributed by atoms with E-state index in [4.69, 9.17) is 12.2 Å². The zero-order valence-corrected chi connectivity index (χ0v) is 19.7. The molecule has 2 amide bonds. The second kappa shape index (κ2) is 7.41. The molecule has 0 radical (unpaired) electrons. The number of carbonyl (C=O) groups is 1. The molecule has 0 saturated carbocycles. The Kier molecular flexibility index (Phi) is 6.11. The summed E-state index contributed by atoms with van der Waals surface area (Å²) in [5.41, 5.74) is -0.0472. The zero-order chi connectivity index (χ0) is 20.8. The lowest BCUT2D eigenvalue weighted by molar-refractivity contribution is 0.141. The maximum Gasteiger partial charge on any atom is 0.320 e. The molecule has 2 heterocycles. The van der Waals surface area contributed by atoms with Crippen LogP contribution in [0.5, 0.6) is 0 Å². The molecule has 2 fully saturated rings. The fraction of sp³-hybridized carbons (Fsp3) is 0.905. The van der Waals surface area contributed by atoms with Gasteiger partial charge in [-0.3, -0.25) is 0 Å². The van der Waals surface area contributed by atoms with Crippen molar-refractivity contribution in [2.24, 2.45) is 0 Å². The molecule has 5 nitrogen and oxygen atoms in total. The summed E-state index contributed by atoms with van der Waals surface area (Å²) in [7, 11) is 0. The van der Waals surface area contributed by atoms with Gasteiger partial charge in [-0.25, -0.2) is 4.79 Å². The van der Waals surface area contributed by atoms with Crippen molar-refractivity contribution < 1.29 is 4.79 Å². The summed E-state index contributed by atoms with van der Waals surface area (Å²) < 4.78 is 0. The van der Waals surface area contributed by atoms with E-state index in [1.807, 2.05) is 9.80 Å². The van der Waals surface area contributed by atoms with Gasteiger partial charge in [0.15, 0.2) is 5.11 Å². The Bertz CT molecular complexity index is 576. The van der Waals surface area contributed by atoms with Gasteiger partial charge in [-0.05, 0) is 87.4 Å². The summed E-state index contributed by atoms with van der Waals surface area (Å²) in [5.74, 6) is 0. The Morgan fingerprint density at radius 2 is 1.33 bits per heavy atom. The quantitative estimate of drug-likeness (QED) is 0.653. The highest BCUT2D eigenvalue weighted by Crippen LogP contribution is 2.31. The van der Waals surface area contributed by atoms with Crippen LogP contribution in [-0.2, 0) is 0 Å². The molecule has 0 aromatic rings. The Hall–Kier alpha value is -1.04. The normalized spacial score (nSPS) is 20.9. The minimum atomic E-state index is -0.108. The third kappa shape index (κ3) is 4.69. The van der Waals surface area contributed by atoms with Gasteiger partial charge in [0, 0.05) is 48.8 Å². The van der Waals surface area contributed by atoms with Crippen molar-refractivity contribution in [3.8, 4) is 0 Å². The van der Waals surface area contributed by atoms with Crippen molar-refractivity contribution in [1.29, 1.82) is 0 Å². The summed E-state index contributed by atoms with van der Waals surface area (Å²) in [5, 5.41) is 0.969. The second-order valence-corrected chi connectivity index (χ2v) is 11.1. The first kappa shape index (κ1) is 22.3. The van der Waals surface area contributed by atoms with Crippen molar-refractivity contribution >= 4 is 23.4 Å². The number of carbonyl (C=O) groups excluding carboxylic acids is 1. The highest BCUT2D eigenvalue weighted by atomic mass is 32.1. The van der Waals surface area contributed by atoms with Crippen LogP contribution in [0.4, 0.5) is 4.79 Å². The molecular weight excluding hydrogens is 356 g/mol. The molecular formula is C21H40N4OS. The van der Waals surface area contributed by atoms with Crippen LogP contribution in [-0.4, -0.2) is 79.6 Å². The number of nitrogens with zero attached hydrogens (tertiary/aromatic N) is 4. The van der Waals surface area contributed by atoms with E-state index in [1.165, 1.54) is 0 Å². The van der Waals surface area contributed by atoms with E-state index in [1.54, 1.807) is 0 Å². The van der Waals surface area contributed by atoms with Gasteiger partial charge in [0.1, 0.15) is 0 Å². The Morgan fingerprint density at radius 3 is 1.78 bits per heavy atom. The first-order valence-electron chi connectivity index (χ1n) is 10.3. The Morgan fingerprint density at radius 1 is 0.852 bits per heavy atom. The maximum absolute atomic E-state index is 12.8. The minimum absolute atomic E-state index is 0.00215. The van der Waals surface area contributed by atoms with Crippen LogP contribution in [0.1, 0.15) is 75.2 Å². The monoisotopic (exact) mass is 396 g/mol. The number of thiocarbonyl (C=S) groups is 1. The average Bonchev–Trinajstić information content (AvgIpc) is 3.07. The minimum Gasteiger partial charge on any atom is -0.343 e. The van der Waals surface area contributed by atoms with Gasteiger partial charge in [-0.2, -0.15) is 0 Å². The standard InChI is InChI=1S/C21H40N4OS/c1-16(22-12-13-23(17(22)26)19(2,3)4)10-11-21(8,9)25-15-14-24(18(25)27)20(5,6)7/h16H,10-15H2,1-9H3. The zero-order valence-electron chi connectivity index (χ0n) is 18.9. The molecule has 1 unspecified atom stereocenters. The molecule has 0 N–H and O–H groups in total. The van der Waals surface area contributed by atoms with E-state index < -0.39 is 0 Å². The summed E-state index contributed by atoms with van der Waals surface area (Å²) in [6.07, 6.45) is 2.01. The SMILES string of the molecule is CC(CCC(C)(C)N1CCN(C(C)(C)C)C1=S)N1CCN(C(C)(C)C)C1=O. The van der Waals surface area contributed by atoms with Crippen LogP contribution in [0.25, 0.3) is 0 Å². The first-order valence-corrected chi connectivity index (χ1v) is 10.7. The van der Waals surface area contributed by atoms with Crippen LogP contribution in [0, 0.1) is 0 Å². The lowest BCUT2D eigenvalue weighted by Gasteiger charge is -2.41. The fourth-order valence-corrected chi connectivity index (χ4v) is 4.86. The summed E-state index contributed by atoms with van der Waals surface area (Å²) >= 11 is 5.80. The molecule has 2 aliphatic heterocycles. The molecule has 156 valence electrons. The van der Waals surface area contributed by atoms with E-state index in [0.717, 1.165) is 44.1 Å². The van der Waals surface area contributed by atoms with Crippen LogP contribution in [0.3, 0.4) is 0 Å². The first-order chi connectivity index (χ1) is 12.2. The highest BCUT2D eigenvalue weighted by Gasteiger charge is 2.41. The molecule has 1 atom stereocenters. The lowest BCUT2D eigenvalue weighted by Crippen LogP contribution is -2.50. The largest absolute Gasteiger partial charge is 0.343 e. The molecule has 0 spiro atoms. The Labute approximate surface area is 172 Å². The van der Waals surface area contributed by atoms with E-state index >= 15 is 0 Å². The van der Waals surface area contributed by atoms with Crippen molar-refractivity contribution in [1.82, 2.24) is 19.6 Å². The number of amides is 2. The van der Waals surface area contributed by atoms with E-state index in [2.05, 4.69) is 72.1 Å². The number of rotatable bonds is 5. The smallest absolute Gasteiger partial charge is 0.320 e. The van der Waals surface area contributed by atoms with Crippen molar-refractivity contribution in [2.45, 2.75) is 97.8 Å². The summed E-state index contributed by atoms with van der Waals surface area (Å²) in [4.78, 5) is 21.5. The molecule has 0 bridgehead atoms. The van der Waals surface area contributed by atoms with Gasteiger partial charge < -0.3 is 19.6 Å². The van der Waals surface area contributed by atoms with Gasteiger partial charge in [0.25, 0.3) is 0 Å². The van der Waals surface area contributed by atoms with Gasteiger partial charge in [-0.15, -0.1) is 0 Å². The summed E-state index contributed by atoms with van der Waals surface area (Å²) in [6.45, 7) is 23.4. The van der Waals surface area contributed by atoms with E-state index in [9.17, 15) is 4.79 Å². The molecule has 0 aromatic heterocycles. The topological polar surface area (TPSA) is 30.0 Å². The predicted octanol–water partition coefficient (Wildman–Crippen LogP) is 4.17. The molecule has 2 saturated heterocycles. The van der Waals surface area contributed by atoms with Crippen molar-refractivity contribution in [3.05, 3.63) is 0 Å². The lowest BCUT2D eigenvalue weighted by atomic mass is 9.94. The second-order valence-electron chi connectivity index (χ2n) is 10.8. The molecule has 2 rings (SSSR count). The fourth-order valence-electron chi connectivity index (χ4n) is 4.16. The van der Waals surface area contributed by atoms with E-state index in [-0.39, 0.29) is 28.7 Å². The summed E-state index contributed by atoms with van der Waals surface area (Å²) in [6, 6.07) is 0.433. The van der Waals surface area contributed by atoms with Crippen LogP contribution < -0.4 is 0 Å². The maximum atomic E-state index is 12.8. The molecule has 27 heavy (non-hydrogen) atoms. The van der Waals surface area contributed by atoms with Gasteiger partial charge in [0.05, 0.1) is 0 Å². The van der Waals surface area contributed by atoms with E-state index in [0.29, 0.717) is 0 Å². The number of hydrogen-bond donors (Lipinski definition) is 0. The van der Waals surface area contributed by atoms with Crippen LogP contribution >= 0.6 is 12.2 Å². The van der Waals surface area contributed by atoms with Crippen LogP contribution in [0.15, 0.2) is 0 Å². The van der Waals surface area contributed by atoms with Crippen LogP contribution in [0.2, 0.25) is 0 Å². The predicted molar refractivity (Wildman–Crippen MR) is 117 cm³/mol. The Balaban J connectivity index is 1.96. The third-order valence-corrected chi connectivity index (χ3v) is 6.55. The van der Waals surface area contributed by atoms with Gasteiger partial charge in [0.2, 0.25) is 0 Å². The molecule has 6 heteroatoms. The molecule has 0 aliphatic carbocycles. The van der Waals surface area contributed by atoms with Crippen molar-refractivity contribution in [2.75, 3.05) is 26.2 Å². The number of hydrogen-bond acceptors (Lipinski definition) is 2. The van der Waals surface area contributed by atoms with Gasteiger partial charge >= 0.3 is 6.03 Å². The highest BCUT2D eigenvalue weighted by molar-refractivity contribution is 7.80. The molecule has 0 aromatic carbocycles. The third-order valence-electron chi connectivity index (χ3n) is 6.11. The van der Waals surface area contributed by atoms with Gasteiger partial charge in [-0.1, -0.05) is 0 Å². The average molecular weight is 397 g/mol. The van der Waals surface area contributed by atoms with Crippen molar-refractivity contribution in [3.63, 3.8) is 0 Å². The number of urea groups is 1. The molecule has 2 aliphatic rings.